The van der Waals surface area contributed by atoms with Gasteiger partial charge in [-0.1, -0.05) is 23.8 Å². The molecular formula is C14H16ClN3. The molecule has 3 nitrogen and oxygen atoms in total. The molecule has 0 fully saturated rings. The minimum atomic E-state index is 0.715. The molecule has 0 aliphatic rings. The summed E-state index contributed by atoms with van der Waals surface area (Å²) in [6, 6.07) is 5.65. The number of benzene rings is 1. The van der Waals surface area contributed by atoms with Crippen LogP contribution in [0.5, 0.6) is 0 Å². The second-order valence-corrected chi connectivity index (χ2v) is 4.55. The first-order valence-electron chi connectivity index (χ1n) is 5.81. The Kier molecular flexibility index (Phi) is 4.18. The van der Waals surface area contributed by atoms with Crippen molar-refractivity contribution in [3.8, 4) is 0 Å². The third kappa shape index (κ3) is 3.00. The number of aromatic nitrogens is 2. The minimum Gasteiger partial charge on any atom is -0.341 e. The first-order chi connectivity index (χ1) is 8.72. The monoisotopic (exact) mass is 261 g/mol. The van der Waals surface area contributed by atoms with E-state index >= 15 is 0 Å². The van der Waals surface area contributed by atoms with Crippen molar-refractivity contribution in [3.05, 3.63) is 54.4 Å². The number of fused-ring (bicyclic) bond motifs is 1. The molecule has 0 radical (unpaired) electrons. The van der Waals surface area contributed by atoms with Gasteiger partial charge in [0.25, 0.3) is 0 Å². The van der Waals surface area contributed by atoms with E-state index in [0.717, 1.165) is 36.5 Å². The molecular weight excluding hydrogens is 246 g/mol. The molecule has 1 aromatic carbocycles. The lowest BCUT2D eigenvalue weighted by molar-refractivity contribution is 0.320. The molecule has 1 N–H and O–H groups in total. The molecule has 0 unspecified atom stereocenters. The van der Waals surface area contributed by atoms with Gasteiger partial charge in [0.2, 0.25) is 0 Å². The molecule has 0 atom stereocenters. The SMILES string of the molecule is C=CCN(CC=C)Cc1nc2ccc(Cl)cc2[nH]1. The van der Waals surface area contributed by atoms with Crippen LogP contribution < -0.4 is 0 Å². The summed E-state index contributed by atoms with van der Waals surface area (Å²) in [5.41, 5.74) is 1.90. The largest absolute Gasteiger partial charge is 0.341 e. The van der Waals surface area contributed by atoms with Crippen LogP contribution in [0.1, 0.15) is 5.82 Å². The maximum atomic E-state index is 5.95. The second-order valence-electron chi connectivity index (χ2n) is 4.12. The van der Waals surface area contributed by atoms with Crippen molar-refractivity contribution >= 4 is 22.6 Å². The Hall–Kier alpha value is -1.58. The molecule has 0 amide bonds. The van der Waals surface area contributed by atoms with Gasteiger partial charge in [-0.25, -0.2) is 4.98 Å². The van der Waals surface area contributed by atoms with Crippen molar-refractivity contribution in [1.82, 2.24) is 14.9 Å². The molecule has 0 aliphatic carbocycles. The van der Waals surface area contributed by atoms with Gasteiger partial charge < -0.3 is 4.98 Å². The smallest absolute Gasteiger partial charge is 0.121 e. The average molecular weight is 262 g/mol. The highest BCUT2D eigenvalue weighted by Crippen LogP contribution is 2.17. The molecule has 2 rings (SSSR count). The topological polar surface area (TPSA) is 31.9 Å². The molecule has 0 spiro atoms. The number of halogens is 1. The summed E-state index contributed by atoms with van der Waals surface area (Å²) >= 11 is 5.95. The third-order valence-corrected chi connectivity index (χ3v) is 2.88. The Morgan fingerprint density at radius 3 is 2.67 bits per heavy atom. The predicted octanol–water partition coefficient (Wildman–Crippen LogP) is 3.39. The Morgan fingerprint density at radius 2 is 2.00 bits per heavy atom. The molecule has 2 aromatic rings. The Bertz CT molecular complexity index is 549. The van der Waals surface area contributed by atoms with Crippen molar-refractivity contribution in [1.29, 1.82) is 0 Å². The van der Waals surface area contributed by atoms with Crippen LogP contribution >= 0.6 is 11.6 Å². The minimum absolute atomic E-state index is 0.715. The Balaban J connectivity index is 2.19. The van der Waals surface area contributed by atoms with E-state index < -0.39 is 0 Å². The van der Waals surface area contributed by atoms with Gasteiger partial charge >= 0.3 is 0 Å². The lowest BCUT2D eigenvalue weighted by Gasteiger charge is -2.16. The van der Waals surface area contributed by atoms with E-state index in [-0.39, 0.29) is 0 Å². The van der Waals surface area contributed by atoms with E-state index in [1.54, 1.807) is 0 Å². The van der Waals surface area contributed by atoms with E-state index in [2.05, 4.69) is 28.0 Å². The van der Waals surface area contributed by atoms with Gasteiger partial charge in [-0.2, -0.15) is 0 Å². The van der Waals surface area contributed by atoms with Crippen molar-refractivity contribution in [2.24, 2.45) is 0 Å². The van der Waals surface area contributed by atoms with Gasteiger partial charge in [-0.15, -0.1) is 13.2 Å². The molecule has 0 aliphatic heterocycles. The summed E-state index contributed by atoms with van der Waals surface area (Å²) < 4.78 is 0. The zero-order valence-corrected chi connectivity index (χ0v) is 11.0. The Morgan fingerprint density at radius 1 is 1.28 bits per heavy atom. The van der Waals surface area contributed by atoms with Gasteiger partial charge in [0.05, 0.1) is 17.6 Å². The maximum Gasteiger partial charge on any atom is 0.121 e. The fourth-order valence-electron chi connectivity index (χ4n) is 1.89. The first-order valence-corrected chi connectivity index (χ1v) is 6.19. The standard InChI is InChI=1S/C14H16ClN3/c1-3-7-18(8-4-2)10-14-16-12-6-5-11(15)9-13(12)17-14/h3-6,9H,1-2,7-8,10H2,(H,16,17). The van der Waals surface area contributed by atoms with Crippen LogP contribution in [0.25, 0.3) is 11.0 Å². The summed E-state index contributed by atoms with van der Waals surface area (Å²) in [6.07, 6.45) is 3.76. The van der Waals surface area contributed by atoms with Crippen LogP contribution in [-0.4, -0.2) is 28.0 Å². The van der Waals surface area contributed by atoms with Crippen LogP contribution in [-0.2, 0) is 6.54 Å². The zero-order chi connectivity index (χ0) is 13.0. The highest BCUT2D eigenvalue weighted by atomic mass is 35.5. The zero-order valence-electron chi connectivity index (χ0n) is 10.2. The highest BCUT2D eigenvalue weighted by molar-refractivity contribution is 6.31. The summed E-state index contributed by atoms with van der Waals surface area (Å²) in [4.78, 5) is 10.0. The average Bonchev–Trinajstić information content (AvgIpc) is 2.71. The van der Waals surface area contributed by atoms with Gasteiger partial charge in [-0.05, 0) is 18.2 Å². The van der Waals surface area contributed by atoms with Crippen molar-refractivity contribution in [2.45, 2.75) is 6.54 Å². The van der Waals surface area contributed by atoms with Crippen molar-refractivity contribution in [3.63, 3.8) is 0 Å². The molecule has 0 bridgehead atoms. The number of rotatable bonds is 6. The molecule has 1 heterocycles. The Labute approximate surface area is 112 Å². The number of hydrogen-bond acceptors (Lipinski definition) is 2. The summed E-state index contributed by atoms with van der Waals surface area (Å²) in [5.74, 6) is 0.927. The fourth-order valence-corrected chi connectivity index (χ4v) is 2.06. The van der Waals surface area contributed by atoms with Crippen LogP contribution in [0.4, 0.5) is 0 Å². The summed E-state index contributed by atoms with van der Waals surface area (Å²) in [6.45, 7) is 9.87. The number of H-pyrrole nitrogens is 1. The van der Waals surface area contributed by atoms with E-state index in [1.165, 1.54) is 0 Å². The van der Waals surface area contributed by atoms with Gasteiger partial charge in [0.15, 0.2) is 0 Å². The number of aromatic amines is 1. The van der Waals surface area contributed by atoms with Gasteiger partial charge in [-0.3, -0.25) is 4.90 Å². The first kappa shape index (κ1) is 12.9. The lowest BCUT2D eigenvalue weighted by Crippen LogP contribution is -2.23. The van der Waals surface area contributed by atoms with Crippen molar-refractivity contribution in [2.75, 3.05) is 13.1 Å². The van der Waals surface area contributed by atoms with E-state index in [9.17, 15) is 0 Å². The lowest BCUT2D eigenvalue weighted by atomic mass is 10.3. The number of nitrogens with zero attached hydrogens (tertiary/aromatic N) is 2. The number of nitrogens with one attached hydrogen (secondary N) is 1. The van der Waals surface area contributed by atoms with Gasteiger partial charge in [0, 0.05) is 18.1 Å². The van der Waals surface area contributed by atoms with Gasteiger partial charge in [0.1, 0.15) is 5.82 Å². The van der Waals surface area contributed by atoms with Crippen LogP contribution in [0.2, 0.25) is 5.02 Å². The molecule has 0 saturated heterocycles. The molecule has 0 saturated carbocycles. The predicted molar refractivity (Wildman–Crippen MR) is 76.8 cm³/mol. The third-order valence-electron chi connectivity index (χ3n) is 2.64. The number of hydrogen-bond donors (Lipinski definition) is 1. The van der Waals surface area contributed by atoms with Crippen LogP contribution in [0.3, 0.4) is 0 Å². The fraction of sp³-hybridized carbons (Fsp3) is 0.214. The van der Waals surface area contributed by atoms with E-state index in [1.807, 2.05) is 30.4 Å². The second kappa shape index (κ2) is 5.85. The van der Waals surface area contributed by atoms with E-state index in [4.69, 9.17) is 11.6 Å². The van der Waals surface area contributed by atoms with E-state index in [0.29, 0.717) is 5.02 Å². The molecule has 4 heteroatoms. The molecule has 18 heavy (non-hydrogen) atoms. The maximum absolute atomic E-state index is 5.95. The molecule has 94 valence electrons. The van der Waals surface area contributed by atoms with Crippen LogP contribution in [0.15, 0.2) is 43.5 Å². The summed E-state index contributed by atoms with van der Waals surface area (Å²) in [7, 11) is 0. The summed E-state index contributed by atoms with van der Waals surface area (Å²) in [5, 5.41) is 0.715. The number of imidazole rings is 1. The quantitative estimate of drug-likeness (QED) is 0.809. The van der Waals surface area contributed by atoms with Crippen molar-refractivity contribution < 1.29 is 0 Å². The van der Waals surface area contributed by atoms with Crippen LogP contribution in [0, 0.1) is 0 Å². The molecule has 1 aromatic heterocycles. The normalized spacial score (nSPS) is 11.0. The highest BCUT2D eigenvalue weighted by Gasteiger charge is 2.07.